The number of Topliss-reactive ketones (excluding diaryl/α,β-unsaturated/α-hetero) is 1. The summed E-state index contributed by atoms with van der Waals surface area (Å²) in [4.78, 5) is 12.0. The van der Waals surface area contributed by atoms with Crippen molar-refractivity contribution >= 4 is 5.78 Å². The van der Waals surface area contributed by atoms with E-state index in [4.69, 9.17) is 4.74 Å². The molecule has 0 aliphatic carbocycles. The highest BCUT2D eigenvalue weighted by molar-refractivity contribution is 5.96. The molecule has 0 atom stereocenters. The number of carbonyl (C=O) groups is 1. The van der Waals surface area contributed by atoms with Crippen LogP contribution in [0.25, 0.3) is 0 Å². The minimum atomic E-state index is 0.119. The molecule has 0 heterocycles. The van der Waals surface area contributed by atoms with Crippen molar-refractivity contribution in [3.8, 4) is 5.75 Å². The largest absolute Gasteiger partial charge is 0.493 e. The summed E-state index contributed by atoms with van der Waals surface area (Å²) in [6.45, 7) is 6.56. The van der Waals surface area contributed by atoms with Crippen LogP contribution in [-0.2, 0) is 0 Å². The lowest BCUT2D eigenvalue weighted by Crippen LogP contribution is -2.08. The van der Waals surface area contributed by atoms with Crippen LogP contribution in [0.2, 0.25) is 0 Å². The first-order valence-corrected chi connectivity index (χ1v) is 6.87. The highest BCUT2D eigenvalue weighted by atomic mass is 16.5. The molecule has 0 aliphatic rings. The molecule has 0 saturated carbocycles. The van der Waals surface area contributed by atoms with Crippen LogP contribution in [0.5, 0.6) is 5.75 Å². The maximum absolute atomic E-state index is 12.0. The van der Waals surface area contributed by atoms with Gasteiger partial charge in [-0.05, 0) is 31.9 Å². The summed E-state index contributed by atoms with van der Waals surface area (Å²) < 4.78 is 5.79. The van der Waals surface area contributed by atoms with E-state index in [-0.39, 0.29) is 5.78 Å². The maximum Gasteiger partial charge on any atom is 0.166 e. The fourth-order valence-electron chi connectivity index (χ4n) is 2.41. The van der Waals surface area contributed by atoms with Gasteiger partial charge in [-0.25, -0.2) is 0 Å². The van der Waals surface area contributed by atoms with Gasteiger partial charge in [0.15, 0.2) is 5.78 Å². The predicted molar refractivity (Wildman–Crippen MR) is 81.5 cm³/mol. The molecule has 0 aliphatic heterocycles. The first kappa shape index (κ1) is 14.3. The Hall–Kier alpha value is -2.09. The van der Waals surface area contributed by atoms with E-state index in [1.165, 1.54) is 5.56 Å². The number of aryl methyl sites for hydroxylation is 3. The molecule has 2 rings (SSSR count). The van der Waals surface area contributed by atoms with Gasteiger partial charge in [0, 0.05) is 12.0 Å². The third-order valence-corrected chi connectivity index (χ3v) is 3.28. The average molecular weight is 268 g/mol. The summed E-state index contributed by atoms with van der Waals surface area (Å²) in [5, 5.41) is 0. The number of hydrogen-bond acceptors (Lipinski definition) is 2. The normalized spacial score (nSPS) is 10.3. The van der Waals surface area contributed by atoms with E-state index in [2.05, 4.69) is 19.1 Å². The standard InChI is InChI=1S/C18H20O2/c1-13-11-14(2)18(15(3)12-13)20-10-9-17(19)16-7-5-4-6-8-16/h4-8,11-12H,9-10H2,1-3H3. The van der Waals surface area contributed by atoms with Gasteiger partial charge in [-0.1, -0.05) is 48.0 Å². The fraction of sp³-hybridized carbons (Fsp3) is 0.278. The van der Waals surface area contributed by atoms with Crippen molar-refractivity contribution < 1.29 is 9.53 Å². The lowest BCUT2D eigenvalue weighted by Gasteiger charge is -2.12. The van der Waals surface area contributed by atoms with E-state index in [1.54, 1.807) is 0 Å². The predicted octanol–water partition coefficient (Wildman–Crippen LogP) is 4.26. The molecule has 0 unspecified atom stereocenters. The fourth-order valence-corrected chi connectivity index (χ4v) is 2.41. The molecule has 2 aromatic rings. The molecule has 104 valence electrons. The Balaban J connectivity index is 1.95. The zero-order chi connectivity index (χ0) is 14.5. The Morgan fingerprint density at radius 3 is 2.20 bits per heavy atom. The summed E-state index contributed by atoms with van der Waals surface area (Å²) in [6.07, 6.45) is 0.400. The molecule has 0 aromatic heterocycles. The van der Waals surface area contributed by atoms with E-state index in [0.717, 1.165) is 22.4 Å². The van der Waals surface area contributed by atoms with Crippen molar-refractivity contribution in [3.05, 3.63) is 64.7 Å². The molecule has 0 saturated heterocycles. The third-order valence-electron chi connectivity index (χ3n) is 3.28. The Morgan fingerprint density at radius 2 is 1.60 bits per heavy atom. The Kier molecular flexibility index (Phi) is 4.57. The van der Waals surface area contributed by atoms with Crippen LogP contribution in [-0.4, -0.2) is 12.4 Å². The first-order valence-electron chi connectivity index (χ1n) is 6.87. The van der Waals surface area contributed by atoms with Gasteiger partial charge in [0.25, 0.3) is 0 Å². The first-order chi connectivity index (χ1) is 9.58. The minimum absolute atomic E-state index is 0.119. The van der Waals surface area contributed by atoms with Crippen molar-refractivity contribution in [2.45, 2.75) is 27.2 Å². The van der Waals surface area contributed by atoms with Gasteiger partial charge in [0.05, 0.1) is 6.61 Å². The number of hydrogen-bond donors (Lipinski definition) is 0. The number of ether oxygens (including phenoxy) is 1. The summed E-state index contributed by atoms with van der Waals surface area (Å²) in [6, 6.07) is 13.5. The summed E-state index contributed by atoms with van der Waals surface area (Å²) >= 11 is 0. The number of rotatable bonds is 5. The number of benzene rings is 2. The molecule has 0 amide bonds. The number of carbonyl (C=O) groups excluding carboxylic acids is 1. The number of ketones is 1. The zero-order valence-electron chi connectivity index (χ0n) is 12.3. The average Bonchev–Trinajstić information content (AvgIpc) is 2.42. The second-order valence-corrected chi connectivity index (χ2v) is 5.12. The monoisotopic (exact) mass is 268 g/mol. The van der Waals surface area contributed by atoms with Crippen LogP contribution in [0.4, 0.5) is 0 Å². The maximum atomic E-state index is 12.0. The second kappa shape index (κ2) is 6.38. The SMILES string of the molecule is Cc1cc(C)c(OCCC(=O)c2ccccc2)c(C)c1. The molecule has 0 radical (unpaired) electrons. The third kappa shape index (κ3) is 3.47. The molecular formula is C18H20O2. The highest BCUT2D eigenvalue weighted by Gasteiger charge is 2.08. The van der Waals surface area contributed by atoms with E-state index in [1.807, 2.05) is 44.2 Å². The lowest BCUT2D eigenvalue weighted by atomic mass is 10.1. The van der Waals surface area contributed by atoms with Crippen LogP contribution in [0.15, 0.2) is 42.5 Å². The highest BCUT2D eigenvalue weighted by Crippen LogP contribution is 2.24. The van der Waals surface area contributed by atoms with Crippen molar-refractivity contribution in [2.75, 3.05) is 6.61 Å². The molecular weight excluding hydrogens is 248 g/mol. The summed E-state index contributed by atoms with van der Waals surface area (Å²) in [5.41, 5.74) is 4.21. The van der Waals surface area contributed by atoms with Gasteiger partial charge in [-0.15, -0.1) is 0 Å². The van der Waals surface area contributed by atoms with Gasteiger partial charge >= 0.3 is 0 Å². The molecule has 0 spiro atoms. The Bertz CT molecular complexity index is 577. The van der Waals surface area contributed by atoms with E-state index >= 15 is 0 Å². The molecule has 0 fully saturated rings. The van der Waals surface area contributed by atoms with Gasteiger partial charge < -0.3 is 4.74 Å². The van der Waals surface area contributed by atoms with Crippen LogP contribution in [0.3, 0.4) is 0 Å². The van der Waals surface area contributed by atoms with Crippen molar-refractivity contribution in [3.63, 3.8) is 0 Å². The van der Waals surface area contributed by atoms with Gasteiger partial charge in [-0.2, -0.15) is 0 Å². The van der Waals surface area contributed by atoms with Crippen LogP contribution < -0.4 is 4.74 Å². The molecule has 2 nitrogen and oxygen atoms in total. The second-order valence-electron chi connectivity index (χ2n) is 5.12. The van der Waals surface area contributed by atoms with Crippen LogP contribution >= 0.6 is 0 Å². The minimum Gasteiger partial charge on any atom is -0.493 e. The lowest BCUT2D eigenvalue weighted by molar-refractivity contribution is 0.0961. The Morgan fingerprint density at radius 1 is 1.00 bits per heavy atom. The molecule has 2 aromatic carbocycles. The quantitative estimate of drug-likeness (QED) is 0.757. The zero-order valence-corrected chi connectivity index (χ0v) is 12.3. The van der Waals surface area contributed by atoms with Crippen molar-refractivity contribution in [1.29, 1.82) is 0 Å². The molecule has 20 heavy (non-hydrogen) atoms. The van der Waals surface area contributed by atoms with E-state index in [0.29, 0.717) is 13.0 Å². The van der Waals surface area contributed by atoms with Crippen molar-refractivity contribution in [1.82, 2.24) is 0 Å². The van der Waals surface area contributed by atoms with Crippen LogP contribution in [0, 0.1) is 20.8 Å². The van der Waals surface area contributed by atoms with E-state index < -0.39 is 0 Å². The van der Waals surface area contributed by atoms with Gasteiger partial charge in [0.1, 0.15) is 5.75 Å². The van der Waals surface area contributed by atoms with Gasteiger partial charge in [0.2, 0.25) is 0 Å². The topological polar surface area (TPSA) is 26.3 Å². The van der Waals surface area contributed by atoms with Crippen LogP contribution in [0.1, 0.15) is 33.5 Å². The Labute approximate surface area is 120 Å². The molecule has 2 heteroatoms. The smallest absolute Gasteiger partial charge is 0.166 e. The molecule has 0 bridgehead atoms. The molecule has 0 N–H and O–H groups in total. The van der Waals surface area contributed by atoms with Crippen molar-refractivity contribution in [2.24, 2.45) is 0 Å². The summed E-state index contributed by atoms with van der Waals surface area (Å²) in [7, 11) is 0. The van der Waals surface area contributed by atoms with E-state index in [9.17, 15) is 4.79 Å². The van der Waals surface area contributed by atoms with Gasteiger partial charge in [-0.3, -0.25) is 4.79 Å². The summed E-state index contributed by atoms with van der Waals surface area (Å²) in [5.74, 6) is 1.02.